The number of anilines is 1. The van der Waals surface area contributed by atoms with E-state index in [1.165, 1.54) is 11.3 Å². The summed E-state index contributed by atoms with van der Waals surface area (Å²) in [4.78, 5) is 0. The summed E-state index contributed by atoms with van der Waals surface area (Å²) in [6.45, 7) is 2.94. The van der Waals surface area contributed by atoms with Crippen molar-refractivity contribution in [2.24, 2.45) is 7.05 Å². The molecule has 2 rings (SSSR count). The Morgan fingerprint density at radius 2 is 2.06 bits per heavy atom. The molecule has 0 saturated heterocycles. The summed E-state index contributed by atoms with van der Waals surface area (Å²) in [5.41, 5.74) is 3.61. The summed E-state index contributed by atoms with van der Waals surface area (Å²) in [7, 11) is 1.93. The molecular formula is C13H17N3. The van der Waals surface area contributed by atoms with E-state index < -0.39 is 0 Å². The van der Waals surface area contributed by atoms with Crippen LogP contribution in [0.5, 0.6) is 0 Å². The van der Waals surface area contributed by atoms with Gasteiger partial charge in [0, 0.05) is 18.9 Å². The van der Waals surface area contributed by atoms with Crippen molar-refractivity contribution in [2.75, 3.05) is 5.32 Å². The molecule has 1 aromatic carbocycles. The Labute approximate surface area is 96.1 Å². The third kappa shape index (κ3) is 2.42. The van der Waals surface area contributed by atoms with Crippen LogP contribution in [0, 0.1) is 0 Å². The lowest BCUT2D eigenvalue weighted by Crippen LogP contribution is -2.03. The number of benzene rings is 1. The van der Waals surface area contributed by atoms with Gasteiger partial charge in [0.05, 0.1) is 12.2 Å². The first kappa shape index (κ1) is 10.7. The number of rotatable bonds is 4. The average molecular weight is 215 g/mol. The van der Waals surface area contributed by atoms with Crippen molar-refractivity contribution in [3.63, 3.8) is 0 Å². The number of nitrogens with zero attached hydrogens (tertiary/aromatic N) is 2. The standard InChI is InChI=1S/C13H17N3/c1-3-11-6-4-5-7-13(11)14-10-12-8-9-16(2)15-12/h4-9,14H,3,10H2,1-2H3. The molecule has 3 nitrogen and oxygen atoms in total. The second kappa shape index (κ2) is 4.84. The molecule has 0 aliphatic rings. The number of para-hydroxylation sites is 1. The summed E-state index contributed by atoms with van der Waals surface area (Å²) < 4.78 is 1.82. The molecule has 0 aliphatic carbocycles. The number of hydrogen-bond donors (Lipinski definition) is 1. The molecule has 1 N–H and O–H groups in total. The van der Waals surface area contributed by atoms with Crippen molar-refractivity contribution in [1.82, 2.24) is 9.78 Å². The van der Waals surface area contributed by atoms with Crippen molar-refractivity contribution in [1.29, 1.82) is 0 Å². The highest BCUT2D eigenvalue weighted by molar-refractivity contribution is 5.51. The smallest absolute Gasteiger partial charge is 0.0815 e. The van der Waals surface area contributed by atoms with Gasteiger partial charge in [-0.2, -0.15) is 5.10 Å². The molecule has 16 heavy (non-hydrogen) atoms. The van der Waals surface area contributed by atoms with Gasteiger partial charge < -0.3 is 5.32 Å². The Bertz CT molecular complexity index is 460. The zero-order valence-electron chi connectivity index (χ0n) is 9.77. The molecule has 2 aromatic rings. The zero-order chi connectivity index (χ0) is 11.4. The fourth-order valence-corrected chi connectivity index (χ4v) is 1.74. The molecule has 0 unspecified atom stereocenters. The van der Waals surface area contributed by atoms with Gasteiger partial charge in [-0.25, -0.2) is 0 Å². The Hall–Kier alpha value is -1.77. The first-order chi connectivity index (χ1) is 7.79. The van der Waals surface area contributed by atoms with E-state index in [0.717, 1.165) is 18.7 Å². The summed E-state index contributed by atoms with van der Waals surface area (Å²) in [6, 6.07) is 10.4. The minimum Gasteiger partial charge on any atom is -0.379 e. The van der Waals surface area contributed by atoms with Crippen molar-refractivity contribution < 1.29 is 0 Å². The number of hydrogen-bond acceptors (Lipinski definition) is 2. The van der Waals surface area contributed by atoms with Crippen LogP contribution in [0.2, 0.25) is 0 Å². The Balaban J connectivity index is 2.04. The largest absolute Gasteiger partial charge is 0.379 e. The lowest BCUT2D eigenvalue weighted by molar-refractivity contribution is 0.747. The molecule has 0 aliphatic heterocycles. The van der Waals surface area contributed by atoms with Gasteiger partial charge >= 0.3 is 0 Å². The minimum absolute atomic E-state index is 0.776. The second-order valence-corrected chi connectivity index (χ2v) is 3.84. The van der Waals surface area contributed by atoms with Crippen LogP contribution in [-0.4, -0.2) is 9.78 Å². The number of aromatic nitrogens is 2. The predicted molar refractivity (Wildman–Crippen MR) is 66.4 cm³/mol. The van der Waals surface area contributed by atoms with Gasteiger partial charge in [0.2, 0.25) is 0 Å². The Morgan fingerprint density at radius 1 is 1.25 bits per heavy atom. The van der Waals surface area contributed by atoms with Gasteiger partial charge in [-0.1, -0.05) is 25.1 Å². The van der Waals surface area contributed by atoms with Crippen molar-refractivity contribution in [3.05, 3.63) is 47.8 Å². The quantitative estimate of drug-likeness (QED) is 0.849. The maximum Gasteiger partial charge on any atom is 0.0815 e. The van der Waals surface area contributed by atoms with E-state index in [1.54, 1.807) is 0 Å². The second-order valence-electron chi connectivity index (χ2n) is 3.84. The summed E-state index contributed by atoms with van der Waals surface area (Å²) in [5, 5.41) is 7.75. The van der Waals surface area contributed by atoms with Crippen LogP contribution >= 0.6 is 0 Å². The summed E-state index contributed by atoms with van der Waals surface area (Å²) in [6.07, 6.45) is 3.01. The number of aryl methyl sites for hydroxylation is 2. The maximum absolute atomic E-state index is 4.34. The van der Waals surface area contributed by atoms with E-state index in [1.807, 2.05) is 24.0 Å². The van der Waals surface area contributed by atoms with Crippen molar-refractivity contribution >= 4 is 5.69 Å². The molecule has 0 radical (unpaired) electrons. The first-order valence-corrected chi connectivity index (χ1v) is 5.60. The minimum atomic E-state index is 0.776. The van der Waals surface area contributed by atoms with Gasteiger partial charge in [0.25, 0.3) is 0 Å². The lowest BCUT2D eigenvalue weighted by atomic mass is 10.1. The highest BCUT2D eigenvalue weighted by atomic mass is 15.3. The normalized spacial score (nSPS) is 10.4. The molecule has 0 spiro atoms. The molecular weight excluding hydrogens is 198 g/mol. The molecule has 0 saturated carbocycles. The molecule has 0 fully saturated rings. The maximum atomic E-state index is 4.34. The molecule has 0 atom stereocenters. The Kier molecular flexibility index (Phi) is 3.25. The van der Waals surface area contributed by atoms with Crippen LogP contribution in [-0.2, 0) is 20.0 Å². The lowest BCUT2D eigenvalue weighted by Gasteiger charge is -2.09. The molecule has 1 heterocycles. The fourth-order valence-electron chi connectivity index (χ4n) is 1.74. The van der Waals surface area contributed by atoms with Gasteiger partial charge in [-0.05, 0) is 24.1 Å². The average Bonchev–Trinajstić information content (AvgIpc) is 2.73. The monoisotopic (exact) mass is 215 g/mol. The topological polar surface area (TPSA) is 29.9 Å². The van der Waals surface area contributed by atoms with E-state index in [4.69, 9.17) is 0 Å². The van der Waals surface area contributed by atoms with E-state index in [-0.39, 0.29) is 0 Å². The highest BCUT2D eigenvalue weighted by Gasteiger charge is 2.00. The van der Waals surface area contributed by atoms with E-state index in [2.05, 4.69) is 41.6 Å². The summed E-state index contributed by atoms with van der Waals surface area (Å²) >= 11 is 0. The molecule has 1 aromatic heterocycles. The van der Waals surface area contributed by atoms with Gasteiger partial charge in [-0.3, -0.25) is 4.68 Å². The molecule has 3 heteroatoms. The first-order valence-electron chi connectivity index (χ1n) is 5.60. The summed E-state index contributed by atoms with van der Waals surface area (Å²) in [5.74, 6) is 0. The van der Waals surface area contributed by atoms with E-state index >= 15 is 0 Å². The third-order valence-electron chi connectivity index (χ3n) is 2.63. The Morgan fingerprint density at radius 3 is 2.75 bits per heavy atom. The van der Waals surface area contributed by atoms with Crippen molar-refractivity contribution in [2.45, 2.75) is 19.9 Å². The van der Waals surface area contributed by atoms with Crippen LogP contribution in [0.15, 0.2) is 36.5 Å². The van der Waals surface area contributed by atoms with Gasteiger partial charge in [0.1, 0.15) is 0 Å². The van der Waals surface area contributed by atoms with Crippen LogP contribution in [0.25, 0.3) is 0 Å². The van der Waals surface area contributed by atoms with Crippen molar-refractivity contribution in [3.8, 4) is 0 Å². The van der Waals surface area contributed by atoms with E-state index in [0.29, 0.717) is 0 Å². The van der Waals surface area contributed by atoms with E-state index in [9.17, 15) is 0 Å². The third-order valence-corrected chi connectivity index (χ3v) is 2.63. The van der Waals surface area contributed by atoms with Crippen LogP contribution in [0.3, 0.4) is 0 Å². The van der Waals surface area contributed by atoms with Gasteiger partial charge in [0.15, 0.2) is 0 Å². The molecule has 0 amide bonds. The van der Waals surface area contributed by atoms with Crippen LogP contribution < -0.4 is 5.32 Å². The molecule has 0 bridgehead atoms. The zero-order valence-corrected chi connectivity index (χ0v) is 9.77. The SMILES string of the molecule is CCc1ccccc1NCc1ccn(C)n1. The highest BCUT2D eigenvalue weighted by Crippen LogP contribution is 2.15. The number of nitrogens with one attached hydrogen (secondary N) is 1. The molecule has 84 valence electrons. The van der Waals surface area contributed by atoms with Crippen LogP contribution in [0.4, 0.5) is 5.69 Å². The van der Waals surface area contributed by atoms with Gasteiger partial charge in [-0.15, -0.1) is 0 Å². The van der Waals surface area contributed by atoms with Crippen LogP contribution in [0.1, 0.15) is 18.2 Å². The predicted octanol–water partition coefficient (Wildman–Crippen LogP) is 2.59. The fraction of sp³-hybridized carbons (Fsp3) is 0.308.